The van der Waals surface area contributed by atoms with Crippen molar-refractivity contribution in [2.45, 2.75) is 48.6 Å². The van der Waals surface area contributed by atoms with E-state index < -0.39 is 11.9 Å². The van der Waals surface area contributed by atoms with Crippen LogP contribution >= 0.6 is 23.1 Å². The Morgan fingerprint density at radius 3 is 2.72 bits per heavy atom. The normalized spacial score (nSPS) is 14.3. The molecule has 0 N–H and O–H groups in total. The lowest BCUT2D eigenvalue weighted by Crippen LogP contribution is -2.25. The van der Waals surface area contributed by atoms with Crippen LogP contribution in [0.1, 0.15) is 29.0 Å². The highest BCUT2D eigenvalue weighted by Crippen LogP contribution is 2.35. The predicted octanol–water partition coefficient (Wildman–Crippen LogP) is 3.94. The topological polar surface area (TPSA) is 69.9 Å². The van der Waals surface area contributed by atoms with Gasteiger partial charge in [-0.3, -0.25) is 9.36 Å². The number of hydrogen-bond donors (Lipinski definition) is 0. The van der Waals surface area contributed by atoms with Gasteiger partial charge in [0.1, 0.15) is 9.86 Å². The number of aromatic nitrogens is 4. The average Bonchev–Trinajstić information content (AvgIpc) is 3.06. The van der Waals surface area contributed by atoms with E-state index in [1.807, 2.05) is 0 Å². The van der Waals surface area contributed by atoms with Crippen LogP contribution in [0.3, 0.4) is 0 Å². The fourth-order valence-corrected chi connectivity index (χ4v) is 5.43. The van der Waals surface area contributed by atoms with Gasteiger partial charge in [0.05, 0.1) is 18.5 Å². The Bertz CT molecular complexity index is 1090. The van der Waals surface area contributed by atoms with Gasteiger partial charge in [-0.05, 0) is 55.1 Å². The van der Waals surface area contributed by atoms with Crippen molar-refractivity contribution < 1.29 is 17.9 Å². The van der Waals surface area contributed by atoms with E-state index in [0.29, 0.717) is 28.5 Å². The van der Waals surface area contributed by atoms with Gasteiger partial charge in [0.15, 0.2) is 10.9 Å². The van der Waals surface area contributed by atoms with E-state index >= 15 is 0 Å². The third-order valence-corrected chi connectivity index (χ3v) is 6.79. The first-order valence-corrected chi connectivity index (χ1v) is 10.6. The largest absolute Gasteiger partial charge is 0.435 e. The van der Waals surface area contributed by atoms with Crippen LogP contribution in [0.2, 0.25) is 0 Å². The van der Waals surface area contributed by atoms with E-state index in [0.717, 1.165) is 49.1 Å². The molecule has 3 heterocycles. The number of rotatable bonds is 5. The molecule has 0 bridgehead atoms. The van der Waals surface area contributed by atoms with Gasteiger partial charge in [0.2, 0.25) is 0 Å². The molecule has 4 rings (SSSR count). The van der Waals surface area contributed by atoms with Crippen molar-refractivity contribution in [3.8, 4) is 0 Å². The summed E-state index contributed by atoms with van der Waals surface area (Å²) in [5.74, 6) is 0. The smallest absolute Gasteiger partial charge is 0.383 e. The second-order valence-electron chi connectivity index (χ2n) is 6.59. The molecule has 0 atom stereocenters. The summed E-state index contributed by atoms with van der Waals surface area (Å²) in [6.45, 7) is 0.602. The van der Waals surface area contributed by atoms with Crippen LogP contribution in [0.25, 0.3) is 10.2 Å². The summed E-state index contributed by atoms with van der Waals surface area (Å²) < 4.78 is 44.8. The summed E-state index contributed by atoms with van der Waals surface area (Å²) in [7, 11) is 1.54. The molecule has 0 spiro atoms. The van der Waals surface area contributed by atoms with Gasteiger partial charge >= 0.3 is 6.18 Å². The molecule has 3 aromatic rings. The van der Waals surface area contributed by atoms with E-state index in [1.54, 1.807) is 0 Å². The molecule has 11 heteroatoms. The Kier molecular flexibility index (Phi) is 5.63. The zero-order valence-electron chi connectivity index (χ0n) is 15.5. The molecule has 0 amide bonds. The predicted molar refractivity (Wildman–Crippen MR) is 104 cm³/mol. The van der Waals surface area contributed by atoms with Crippen LogP contribution in [0, 0.1) is 0 Å². The third-order valence-electron chi connectivity index (χ3n) is 4.69. The van der Waals surface area contributed by atoms with Crippen LogP contribution in [0.15, 0.2) is 27.1 Å². The molecule has 29 heavy (non-hydrogen) atoms. The minimum Gasteiger partial charge on any atom is -0.383 e. The summed E-state index contributed by atoms with van der Waals surface area (Å²) in [6, 6.07) is 2.10. The Hall–Kier alpha value is -1.98. The summed E-state index contributed by atoms with van der Waals surface area (Å²) in [6.07, 6.45) is -0.591. The maximum absolute atomic E-state index is 13.2. The van der Waals surface area contributed by atoms with E-state index in [-0.39, 0.29) is 10.6 Å². The lowest BCUT2D eigenvalue weighted by atomic mass is 9.97. The number of alkyl halides is 3. The number of aryl methyl sites for hydroxylation is 2. The molecule has 1 aliphatic rings. The van der Waals surface area contributed by atoms with Gasteiger partial charge < -0.3 is 4.74 Å². The third kappa shape index (κ3) is 4.03. The average molecular weight is 442 g/mol. The highest BCUT2D eigenvalue weighted by Gasteiger charge is 2.33. The summed E-state index contributed by atoms with van der Waals surface area (Å²) in [5, 5.41) is 8.15. The zero-order chi connectivity index (χ0) is 20.6. The van der Waals surface area contributed by atoms with Gasteiger partial charge in [-0.1, -0.05) is 0 Å². The van der Waals surface area contributed by atoms with Gasteiger partial charge in [-0.15, -0.1) is 21.5 Å². The standard InChI is InChI=1S/C18H17F3N4O2S2/c1-27-9-8-25-16(26)14-10-4-2-3-5-11(10)28-15(14)22-17(25)29-13-7-6-12(23-24-13)18(19,20)21/h6-7H,2-5,8-9H2,1H3. The van der Waals surface area contributed by atoms with E-state index in [9.17, 15) is 18.0 Å². The summed E-state index contributed by atoms with van der Waals surface area (Å²) in [5.41, 5.74) is -0.118. The molecule has 0 saturated heterocycles. The van der Waals surface area contributed by atoms with Crippen molar-refractivity contribution in [1.82, 2.24) is 19.7 Å². The van der Waals surface area contributed by atoms with E-state index in [4.69, 9.17) is 4.74 Å². The van der Waals surface area contributed by atoms with Crippen molar-refractivity contribution in [2.24, 2.45) is 0 Å². The first-order valence-electron chi connectivity index (χ1n) is 9.01. The minimum absolute atomic E-state index is 0.145. The SMILES string of the molecule is COCCn1c(Sc2ccc(C(F)(F)F)nn2)nc2sc3c(c2c1=O)CCCC3. The maximum Gasteiger partial charge on any atom is 0.435 e. The fraction of sp³-hybridized carbons (Fsp3) is 0.444. The van der Waals surface area contributed by atoms with Crippen LogP contribution < -0.4 is 5.56 Å². The molecular weight excluding hydrogens is 425 g/mol. The Balaban J connectivity index is 1.77. The summed E-state index contributed by atoms with van der Waals surface area (Å²) in [4.78, 5) is 19.8. The van der Waals surface area contributed by atoms with Crippen LogP contribution in [0.5, 0.6) is 0 Å². The molecule has 0 fully saturated rings. The van der Waals surface area contributed by atoms with Crippen molar-refractivity contribution in [3.05, 3.63) is 38.6 Å². The highest BCUT2D eigenvalue weighted by atomic mass is 32.2. The Morgan fingerprint density at radius 2 is 2.03 bits per heavy atom. The first-order chi connectivity index (χ1) is 13.9. The second kappa shape index (κ2) is 8.04. The minimum atomic E-state index is -4.55. The molecule has 0 saturated carbocycles. The van der Waals surface area contributed by atoms with E-state index in [2.05, 4.69) is 15.2 Å². The number of hydrogen-bond acceptors (Lipinski definition) is 7. The molecule has 154 valence electrons. The van der Waals surface area contributed by atoms with Crippen LogP contribution in [0.4, 0.5) is 13.2 Å². The number of halogens is 3. The van der Waals surface area contributed by atoms with Crippen molar-refractivity contribution in [1.29, 1.82) is 0 Å². The molecule has 6 nitrogen and oxygen atoms in total. The highest BCUT2D eigenvalue weighted by molar-refractivity contribution is 7.99. The van der Waals surface area contributed by atoms with Crippen molar-refractivity contribution in [3.63, 3.8) is 0 Å². The second-order valence-corrected chi connectivity index (χ2v) is 8.66. The molecule has 0 radical (unpaired) electrons. The molecule has 0 aromatic carbocycles. The van der Waals surface area contributed by atoms with Crippen LogP contribution in [-0.2, 0) is 30.3 Å². The molecule has 3 aromatic heterocycles. The number of methoxy groups -OCH3 is 1. The molecular formula is C18H17F3N4O2S2. The lowest BCUT2D eigenvalue weighted by Gasteiger charge is -2.13. The van der Waals surface area contributed by atoms with Gasteiger partial charge in [-0.25, -0.2) is 4.98 Å². The zero-order valence-corrected chi connectivity index (χ0v) is 17.1. The number of thiophene rings is 1. The number of ether oxygens (including phenoxy) is 1. The Labute approximate surface area is 172 Å². The summed E-state index contributed by atoms with van der Waals surface area (Å²) >= 11 is 2.54. The molecule has 1 aliphatic carbocycles. The lowest BCUT2D eigenvalue weighted by molar-refractivity contribution is -0.141. The Morgan fingerprint density at radius 1 is 1.24 bits per heavy atom. The quantitative estimate of drug-likeness (QED) is 0.558. The van der Waals surface area contributed by atoms with Gasteiger partial charge in [0.25, 0.3) is 5.56 Å². The number of fused-ring (bicyclic) bond motifs is 3. The first kappa shape index (κ1) is 20.3. The van der Waals surface area contributed by atoms with Crippen molar-refractivity contribution in [2.75, 3.05) is 13.7 Å². The van der Waals surface area contributed by atoms with Gasteiger partial charge in [-0.2, -0.15) is 13.2 Å². The van der Waals surface area contributed by atoms with Crippen LogP contribution in [-0.4, -0.2) is 33.5 Å². The molecule has 0 unspecified atom stereocenters. The molecule has 0 aliphatic heterocycles. The fourth-order valence-electron chi connectivity index (χ4n) is 3.30. The maximum atomic E-state index is 13.2. The monoisotopic (exact) mass is 442 g/mol. The van der Waals surface area contributed by atoms with E-state index in [1.165, 1.54) is 34.0 Å². The van der Waals surface area contributed by atoms with Gasteiger partial charge in [0, 0.05) is 12.0 Å². The van der Waals surface area contributed by atoms with Crippen molar-refractivity contribution >= 4 is 33.3 Å². The number of nitrogens with zero attached hydrogens (tertiary/aromatic N) is 4.